The summed E-state index contributed by atoms with van der Waals surface area (Å²) in [6.45, 7) is 5.09. The Morgan fingerprint density at radius 1 is 1.36 bits per heavy atom. The van der Waals surface area contributed by atoms with Crippen molar-refractivity contribution in [2.75, 3.05) is 0 Å². The Hall–Kier alpha value is -2.51. The molecule has 0 radical (unpaired) electrons. The van der Waals surface area contributed by atoms with E-state index in [0.717, 1.165) is 6.07 Å². The van der Waals surface area contributed by atoms with Gasteiger partial charge in [-0.3, -0.25) is 0 Å². The van der Waals surface area contributed by atoms with Crippen LogP contribution in [0.2, 0.25) is 0 Å². The second-order valence-corrected chi connectivity index (χ2v) is 5.47. The molecule has 0 bridgehead atoms. The van der Waals surface area contributed by atoms with E-state index < -0.39 is 23.3 Å². The highest BCUT2D eigenvalue weighted by Gasteiger charge is 2.18. The van der Waals surface area contributed by atoms with Gasteiger partial charge in [-0.25, -0.2) is 13.6 Å². The molecule has 0 unspecified atom stereocenters. The van der Waals surface area contributed by atoms with Crippen LogP contribution in [0.5, 0.6) is 0 Å². The molecule has 1 heterocycles. The highest BCUT2D eigenvalue weighted by Crippen LogP contribution is 2.21. The van der Waals surface area contributed by atoms with Crippen molar-refractivity contribution in [2.45, 2.75) is 32.9 Å². The minimum atomic E-state index is -1.06. The van der Waals surface area contributed by atoms with Gasteiger partial charge in [0.1, 0.15) is 12.1 Å². The van der Waals surface area contributed by atoms with Crippen molar-refractivity contribution in [1.29, 1.82) is 0 Å². The van der Waals surface area contributed by atoms with Gasteiger partial charge in [0.05, 0.1) is 5.56 Å². The smallest absolute Gasteiger partial charge is 0.408 e. The van der Waals surface area contributed by atoms with Gasteiger partial charge in [-0.15, -0.1) is 0 Å². The molecule has 0 aliphatic carbocycles. The molecular weight excluding hydrogens is 296 g/mol. The van der Waals surface area contributed by atoms with E-state index in [0.29, 0.717) is 0 Å². The summed E-state index contributed by atoms with van der Waals surface area (Å²) < 4.78 is 36.7. The van der Waals surface area contributed by atoms with Crippen LogP contribution in [0.25, 0.3) is 11.4 Å². The maximum absolute atomic E-state index is 13.6. The van der Waals surface area contributed by atoms with Gasteiger partial charge < -0.3 is 14.6 Å². The van der Waals surface area contributed by atoms with Gasteiger partial charge in [0, 0.05) is 0 Å². The van der Waals surface area contributed by atoms with Crippen molar-refractivity contribution in [3.63, 3.8) is 0 Å². The quantitative estimate of drug-likeness (QED) is 0.942. The lowest BCUT2D eigenvalue weighted by atomic mass is 10.2. The third-order valence-corrected chi connectivity index (χ3v) is 2.44. The van der Waals surface area contributed by atoms with Crippen LogP contribution in [0.1, 0.15) is 26.7 Å². The standard InChI is InChI=1S/C14H15F2N3O3/c1-14(2,3)21-13(20)17-7-10-18-12(19-22-10)8-5-4-6-9(15)11(8)16/h4-6H,7H2,1-3H3,(H,17,20). The van der Waals surface area contributed by atoms with Crippen molar-refractivity contribution in [2.24, 2.45) is 0 Å². The molecule has 8 heteroatoms. The van der Waals surface area contributed by atoms with E-state index in [4.69, 9.17) is 9.26 Å². The maximum Gasteiger partial charge on any atom is 0.408 e. The van der Waals surface area contributed by atoms with Crippen LogP contribution in [0.15, 0.2) is 22.7 Å². The fourth-order valence-corrected chi connectivity index (χ4v) is 1.57. The molecule has 0 saturated heterocycles. The molecule has 118 valence electrons. The molecule has 0 aliphatic rings. The number of carbonyl (C=O) groups excluding carboxylic acids is 1. The molecule has 1 N–H and O–H groups in total. The Kier molecular flexibility index (Phi) is 4.39. The average molecular weight is 311 g/mol. The summed E-state index contributed by atoms with van der Waals surface area (Å²) in [5, 5.41) is 5.98. The molecule has 0 spiro atoms. The van der Waals surface area contributed by atoms with Crippen LogP contribution in [0.3, 0.4) is 0 Å². The highest BCUT2D eigenvalue weighted by molar-refractivity contribution is 5.67. The molecule has 1 aromatic heterocycles. The Balaban J connectivity index is 2.03. The molecule has 6 nitrogen and oxygen atoms in total. The van der Waals surface area contributed by atoms with Crippen molar-refractivity contribution in [3.05, 3.63) is 35.7 Å². The predicted octanol–water partition coefficient (Wildman–Crippen LogP) is 3.04. The Bertz CT molecular complexity index is 680. The molecular formula is C14H15F2N3O3. The first-order chi connectivity index (χ1) is 10.3. The second-order valence-electron chi connectivity index (χ2n) is 5.47. The van der Waals surface area contributed by atoms with Crippen LogP contribution in [-0.2, 0) is 11.3 Å². The van der Waals surface area contributed by atoms with Crippen LogP contribution < -0.4 is 5.32 Å². The second kappa shape index (κ2) is 6.08. The molecule has 2 aromatic rings. The molecule has 22 heavy (non-hydrogen) atoms. The van der Waals surface area contributed by atoms with E-state index in [9.17, 15) is 13.6 Å². The molecule has 2 rings (SSSR count). The van der Waals surface area contributed by atoms with E-state index in [1.807, 2.05) is 0 Å². The lowest BCUT2D eigenvalue weighted by molar-refractivity contribution is 0.0518. The summed E-state index contributed by atoms with van der Waals surface area (Å²) in [6, 6.07) is 3.65. The lowest BCUT2D eigenvalue weighted by Crippen LogP contribution is -2.32. The van der Waals surface area contributed by atoms with Gasteiger partial charge in [-0.2, -0.15) is 4.98 Å². The summed E-state index contributed by atoms with van der Waals surface area (Å²) in [4.78, 5) is 15.4. The van der Waals surface area contributed by atoms with Gasteiger partial charge in [0.25, 0.3) is 0 Å². The maximum atomic E-state index is 13.6. The van der Waals surface area contributed by atoms with E-state index >= 15 is 0 Å². The molecule has 0 atom stereocenters. The van der Waals surface area contributed by atoms with E-state index in [1.54, 1.807) is 20.8 Å². The normalized spacial score (nSPS) is 11.3. The van der Waals surface area contributed by atoms with Gasteiger partial charge in [-0.1, -0.05) is 11.2 Å². The molecule has 0 aliphatic heterocycles. The zero-order chi connectivity index (χ0) is 16.3. The van der Waals surface area contributed by atoms with E-state index in [2.05, 4.69) is 15.5 Å². The third-order valence-electron chi connectivity index (χ3n) is 2.44. The molecule has 1 aromatic carbocycles. The Morgan fingerprint density at radius 3 is 2.77 bits per heavy atom. The first-order valence-corrected chi connectivity index (χ1v) is 6.50. The molecule has 0 saturated carbocycles. The first-order valence-electron chi connectivity index (χ1n) is 6.50. The van der Waals surface area contributed by atoms with Crippen LogP contribution in [0, 0.1) is 11.6 Å². The summed E-state index contributed by atoms with van der Waals surface area (Å²) >= 11 is 0. The molecule has 1 amide bonds. The summed E-state index contributed by atoms with van der Waals surface area (Å²) in [6.07, 6.45) is -0.649. The number of hydrogen-bond acceptors (Lipinski definition) is 5. The van der Waals surface area contributed by atoms with E-state index in [1.165, 1.54) is 12.1 Å². The minimum absolute atomic E-state index is 0.0459. The zero-order valence-electron chi connectivity index (χ0n) is 12.3. The van der Waals surface area contributed by atoms with Crippen molar-refractivity contribution >= 4 is 6.09 Å². The number of hydrogen-bond donors (Lipinski definition) is 1. The largest absolute Gasteiger partial charge is 0.444 e. The van der Waals surface area contributed by atoms with Gasteiger partial charge in [0.15, 0.2) is 11.6 Å². The van der Waals surface area contributed by atoms with Gasteiger partial charge in [0.2, 0.25) is 11.7 Å². The topological polar surface area (TPSA) is 77.2 Å². The third kappa shape index (κ3) is 4.00. The van der Waals surface area contributed by atoms with Crippen LogP contribution >= 0.6 is 0 Å². The van der Waals surface area contributed by atoms with Crippen LogP contribution in [0.4, 0.5) is 13.6 Å². The summed E-state index contributed by atoms with van der Waals surface area (Å²) in [5.74, 6) is -2.12. The van der Waals surface area contributed by atoms with Crippen molar-refractivity contribution in [3.8, 4) is 11.4 Å². The van der Waals surface area contributed by atoms with Crippen molar-refractivity contribution in [1.82, 2.24) is 15.5 Å². The Morgan fingerprint density at radius 2 is 2.09 bits per heavy atom. The van der Waals surface area contributed by atoms with Gasteiger partial charge >= 0.3 is 6.09 Å². The van der Waals surface area contributed by atoms with Crippen LogP contribution in [-0.4, -0.2) is 21.8 Å². The average Bonchev–Trinajstić information content (AvgIpc) is 2.86. The number of ether oxygens (including phenoxy) is 1. The van der Waals surface area contributed by atoms with Crippen molar-refractivity contribution < 1.29 is 22.8 Å². The number of benzene rings is 1. The number of halogens is 2. The monoisotopic (exact) mass is 311 g/mol. The number of amides is 1. The summed E-state index contributed by atoms with van der Waals surface area (Å²) in [7, 11) is 0. The molecule has 0 fully saturated rings. The highest BCUT2D eigenvalue weighted by atomic mass is 19.2. The lowest BCUT2D eigenvalue weighted by Gasteiger charge is -2.19. The first kappa shape index (κ1) is 15.9. The minimum Gasteiger partial charge on any atom is -0.444 e. The summed E-state index contributed by atoms with van der Waals surface area (Å²) in [5.41, 5.74) is -0.748. The van der Waals surface area contributed by atoms with E-state index in [-0.39, 0.29) is 23.8 Å². The Labute approximate surface area is 125 Å². The number of rotatable bonds is 3. The fraction of sp³-hybridized carbons (Fsp3) is 0.357. The predicted molar refractivity (Wildman–Crippen MR) is 72.7 cm³/mol. The number of alkyl carbamates (subject to hydrolysis) is 1. The zero-order valence-corrected chi connectivity index (χ0v) is 12.3. The number of carbonyl (C=O) groups is 1. The van der Waals surface area contributed by atoms with Gasteiger partial charge in [-0.05, 0) is 32.9 Å². The fourth-order valence-electron chi connectivity index (χ4n) is 1.57. The number of nitrogens with one attached hydrogen (secondary N) is 1. The number of nitrogens with zero attached hydrogens (tertiary/aromatic N) is 2. The SMILES string of the molecule is CC(C)(C)OC(=O)NCc1nc(-c2cccc(F)c2F)no1. The number of aromatic nitrogens is 2.